The Balaban J connectivity index is 2.71. The van der Waals surface area contributed by atoms with E-state index in [4.69, 9.17) is 16.3 Å². The van der Waals surface area contributed by atoms with Crippen molar-refractivity contribution in [3.8, 4) is 16.9 Å². The standard InChI is InChI=1S/C11H8ClFN2O2/c1-17-9-3-2-6(13)4-7(9)8-5-10(12)14-15-11(8)16/h2-5H,1H3,(H,15,16). The molecule has 0 aliphatic heterocycles. The first-order valence-electron chi connectivity index (χ1n) is 4.71. The van der Waals surface area contributed by atoms with Gasteiger partial charge < -0.3 is 4.74 Å². The van der Waals surface area contributed by atoms with Gasteiger partial charge in [-0.3, -0.25) is 4.79 Å². The number of hydrogen-bond acceptors (Lipinski definition) is 3. The Bertz CT molecular complexity index is 613. The van der Waals surface area contributed by atoms with Gasteiger partial charge in [0.15, 0.2) is 0 Å². The third-order valence-electron chi connectivity index (χ3n) is 2.22. The first-order chi connectivity index (χ1) is 8.11. The highest BCUT2D eigenvalue weighted by Crippen LogP contribution is 2.28. The van der Waals surface area contributed by atoms with E-state index in [2.05, 4.69) is 10.2 Å². The molecule has 0 saturated heterocycles. The number of halogens is 2. The van der Waals surface area contributed by atoms with Crippen LogP contribution in [-0.4, -0.2) is 17.3 Å². The van der Waals surface area contributed by atoms with E-state index in [1.165, 1.54) is 31.4 Å². The van der Waals surface area contributed by atoms with Crippen LogP contribution in [0.5, 0.6) is 5.75 Å². The Labute approximate surface area is 101 Å². The second-order valence-corrected chi connectivity index (χ2v) is 3.67. The predicted octanol–water partition coefficient (Wildman–Crippen LogP) is 2.24. The first kappa shape index (κ1) is 11.6. The van der Waals surface area contributed by atoms with Crippen LogP contribution >= 0.6 is 11.6 Å². The fraction of sp³-hybridized carbons (Fsp3) is 0.0909. The summed E-state index contributed by atoms with van der Waals surface area (Å²) in [6, 6.07) is 5.26. The van der Waals surface area contributed by atoms with Gasteiger partial charge in [-0.15, -0.1) is 0 Å². The van der Waals surface area contributed by atoms with Crippen LogP contribution in [0.4, 0.5) is 4.39 Å². The molecule has 1 aromatic carbocycles. The highest BCUT2D eigenvalue weighted by molar-refractivity contribution is 6.29. The molecule has 0 bridgehead atoms. The van der Waals surface area contributed by atoms with E-state index >= 15 is 0 Å². The van der Waals surface area contributed by atoms with Gasteiger partial charge >= 0.3 is 0 Å². The number of aromatic amines is 1. The Morgan fingerprint density at radius 3 is 2.82 bits per heavy atom. The quantitative estimate of drug-likeness (QED) is 0.894. The molecule has 2 aromatic rings. The number of rotatable bonds is 2. The average Bonchev–Trinajstić information content (AvgIpc) is 2.32. The second kappa shape index (κ2) is 4.55. The van der Waals surface area contributed by atoms with E-state index in [0.717, 1.165) is 0 Å². The molecule has 1 heterocycles. The van der Waals surface area contributed by atoms with Crippen molar-refractivity contribution in [2.75, 3.05) is 7.11 Å². The van der Waals surface area contributed by atoms with E-state index in [9.17, 15) is 9.18 Å². The highest BCUT2D eigenvalue weighted by atomic mass is 35.5. The zero-order valence-corrected chi connectivity index (χ0v) is 9.58. The summed E-state index contributed by atoms with van der Waals surface area (Å²) in [4.78, 5) is 11.6. The maximum Gasteiger partial charge on any atom is 0.272 e. The van der Waals surface area contributed by atoms with E-state index in [1.54, 1.807) is 0 Å². The fourth-order valence-corrected chi connectivity index (χ4v) is 1.62. The third-order valence-corrected chi connectivity index (χ3v) is 2.42. The van der Waals surface area contributed by atoms with Crippen molar-refractivity contribution >= 4 is 11.6 Å². The first-order valence-corrected chi connectivity index (χ1v) is 5.09. The van der Waals surface area contributed by atoms with Gasteiger partial charge in [0.1, 0.15) is 16.7 Å². The molecular formula is C11H8ClFN2O2. The Morgan fingerprint density at radius 1 is 1.35 bits per heavy atom. The van der Waals surface area contributed by atoms with Crippen LogP contribution in [0.3, 0.4) is 0 Å². The van der Waals surface area contributed by atoms with Crippen molar-refractivity contribution in [3.05, 3.63) is 45.6 Å². The lowest BCUT2D eigenvalue weighted by Gasteiger charge is -2.07. The van der Waals surface area contributed by atoms with Crippen LogP contribution < -0.4 is 10.3 Å². The summed E-state index contributed by atoms with van der Waals surface area (Å²) in [6.07, 6.45) is 0. The zero-order chi connectivity index (χ0) is 12.4. The number of H-pyrrole nitrogens is 1. The molecule has 2 rings (SSSR count). The van der Waals surface area contributed by atoms with Gasteiger partial charge in [-0.25, -0.2) is 9.49 Å². The van der Waals surface area contributed by atoms with Crippen molar-refractivity contribution in [3.63, 3.8) is 0 Å². The fourth-order valence-electron chi connectivity index (χ4n) is 1.47. The number of aromatic nitrogens is 2. The van der Waals surface area contributed by atoms with Gasteiger partial charge in [-0.1, -0.05) is 11.6 Å². The van der Waals surface area contributed by atoms with Crippen LogP contribution in [0.2, 0.25) is 5.15 Å². The summed E-state index contributed by atoms with van der Waals surface area (Å²) in [5, 5.41) is 5.87. The molecule has 17 heavy (non-hydrogen) atoms. The molecule has 0 amide bonds. The monoisotopic (exact) mass is 254 g/mol. The molecule has 88 valence electrons. The Morgan fingerprint density at radius 2 is 2.12 bits per heavy atom. The molecule has 6 heteroatoms. The lowest BCUT2D eigenvalue weighted by molar-refractivity contribution is 0.415. The summed E-state index contributed by atoms with van der Waals surface area (Å²) < 4.78 is 18.3. The van der Waals surface area contributed by atoms with Gasteiger partial charge in [0.25, 0.3) is 5.56 Å². The Kier molecular flexibility index (Phi) is 3.10. The number of nitrogens with zero attached hydrogens (tertiary/aromatic N) is 1. The van der Waals surface area contributed by atoms with Gasteiger partial charge in [-0.05, 0) is 24.3 Å². The minimum atomic E-state index is -0.465. The van der Waals surface area contributed by atoms with Crippen LogP contribution in [0.15, 0.2) is 29.1 Å². The maximum atomic E-state index is 13.2. The number of benzene rings is 1. The minimum absolute atomic E-state index is 0.117. The summed E-state index contributed by atoms with van der Waals surface area (Å²) in [5.74, 6) is -0.0766. The molecule has 0 aliphatic carbocycles. The molecule has 1 N–H and O–H groups in total. The molecule has 0 unspecified atom stereocenters. The summed E-state index contributed by atoms with van der Waals surface area (Å²) in [6.45, 7) is 0. The SMILES string of the molecule is COc1ccc(F)cc1-c1cc(Cl)n[nH]c1=O. The third kappa shape index (κ3) is 2.29. The molecule has 0 fully saturated rings. The van der Waals surface area contributed by atoms with Gasteiger partial charge in [0.2, 0.25) is 0 Å². The number of ether oxygens (including phenoxy) is 1. The summed E-state index contributed by atoms with van der Waals surface area (Å²) in [5.41, 5.74) is 0.0812. The molecule has 1 aromatic heterocycles. The molecule has 0 saturated carbocycles. The number of nitrogens with one attached hydrogen (secondary N) is 1. The smallest absolute Gasteiger partial charge is 0.272 e. The number of methoxy groups -OCH3 is 1. The Hall–Kier alpha value is -1.88. The predicted molar refractivity (Wildman–Crippen MR) is 61.8 cm³/mol. The highest BCUT2D eigenvalue weighted by Gasteiger charge is 2.11. The van der Waals surface area contributed by atoms with E-state index < -0.39 is 11.4 Å². The second-order valence-electron chi connectivity index (χ2n) is 3.28. The van der Waals surface area contributed by atoms with E-state index in [0.29, 0.717) is 11.3 Å². The van der Waals surface area contributed by atoms with Crippen LogP contribution in [0.25, 0.3) is 11.1 Å². The van der Waals surface area contributed by atoms with Crippen molar-refractivity contribution in [2.24, 2.45) is 0 Å². The summed E-state index contributed by atoms with van der Waals surface area (Å²) in [7, 11) is 1.44. The summed E-state index contributed by atoms with van der Waals surface area (Å²) >= 11 is 5.69. The minimum Gasteiger partial charge on any atom is -0.496 e. The lowest BCUT2D eigenvalue weighted by Crippen LogP contribution is -2.11. The van der Waals surface area contributed by atoms with Crippen LogP contribution in [-0.2, 0) is 0 Å². The van der Waals surface area contributed by atoms with E-state index in [1.807, 2.05) is 0 Å². The van der Waals surface area contributed by atoms with Crippen molar-refractivity contribution < 1.29 is 9.13 Å². The average molecular weight is 255 g/mol. The topological polar surface area (TPSA) is 55.0 Å². The van der Waals surface area contributed by atoms with Crippen LogP contribution in [0.1, 0.15) is 0 Å². The maximum absolute atomic E-state index is 13.2. The number of hydrogen-bond donors (Lipinski definition) is 1. The molecule has 0 atom stereocenters. The van der Waals surface area contributed by atoms with E-state index in [-0.39, 0.29) is 10.7 Å². The molecule has 0 radical (unpaired) electrons. The van der Waals surface area contributed by atoms with Crippen LogP contribution in [0, 0.1) is 5.82 Å². The molecular weight excluding hydrogens is 247 g/mol. The van der Waals surface area contributed by atoms with Crippen molar-refractivity contribution in [1.82, 2.24) is 10.2 Å². The van der Waals surface area contributed by atoms with Gasteiger partial charge in [0, 0.05) is 5.56 Å². The van der Waals surface area contributed by atoms with Crippen molar-refractivity contribution in [2.45, 2.75) is 0 Å². The normalized spacial score (nSPS) is 10.3. The zero-order valence-electron chi connectivity index (χ0n) is 8.83. The molecule has 0 aliphatic rings. The largest absolute Gasteiger partial charge is 0.496 e. The van der Waals surface area contributed by atoms with Crippen molar-refractivity contribution in [1.29, 1.82) is 0 Å². The van der Waals surface area contributed by atoms with Gasteiger partial charge in [0.05, 0.1) is 12.7 Å². The molecule has 0 spiro atoms. The molecule has 4 nitrogen and oxygen atoms in total. The van der Waals surface area contributed by atoms with Gasteiger partial charge in [-0.2, -0.15) is 5.10 Å². The lowest BCUT2D eigenvalue weighted by atomic mass is 10.1.